The zero-order chi connectivity index (χ0) is 19.5. The summed E-state index contributed by atoms with van der Waals surface area (Å²) in [5.41, 5.74) is 3.34. The number of fused-ring (bicyclic) bond motifs is 1. The molecule has 146 valence electrons. The first-order chi connectivity index (χ1) is 13.6. The summed E-state index contributed by atoms with van der Waals surface area (Å²) in [5.74, 6) is -0.0552. The van der Waals surface area contributed by atoms with Gasteiger partial charge in [-0.1, -0.05) is 12.1 Å². The number of anilines is 2. The number of carboxylic acid groups (broad SMARTS) is 1. The van der Waals surface area contributed by atoms with Crippen molar-refractivity contribution < 1.29 is 19.4 Å². The van der Waals surface area contributed by atoms with Crippen LogP contribution in [0.25, 0.3) is 0 Å². The van der Waals surface area contributed by atoms with Crippen LogP contribution < -0.4 is 9.64 Å². The van der Waals surface area contributed by atoms with Crippen molar-refractivity contribution in [1.29, 1.82) is 0 Å². The van der Waals surface area contributed by atoms with Gasteiger partial charge in [0.25, 0.3) is 5.91 Å². The Labute approximate surface area is 164 Å². The van der Waals surface area contributed by atoms with Gasteiger partial charge < -0.3 is 19.6 Å². The molecule has 2 aliphatic rings. The van der Waals surface area contributed by atoms with Crippen LogP contribution >= 0.6 is 0 Å². The van der Waals surface area contributed by atoms with E-state index in [0.29, 0.717) is 24.5 Å². The van der Waals surface area contributed by atoms with Gasteiger partial charge in [-0.25, -0.2) is 0 Å². The van der Waals surface area contributed by atoms with Gasteiger partial charge in [0.2, 0.25) is 0 Å². The summed E-state index contributed by atoms with van der Waals surface area (Å²) in [4.78, 5) is 27.7. The lowest BCUT2D eigenvalue weighted by Crippen LogP contribution is -2.35. The minimum Gasteiger partial charge on any atom is -0.490 e. The number of hydrogen-bond acceptors (Lipinski definition) is 4. The van der Waals surface area contributed by atoms with Crippen LogP contribution in [0.2, 0.25) is 0 Å². The minimum atomic E-state index is -0.838. The van der Waals surface area contributed by atoms with E-state index in [1.807, 2.05) is 47.4 Å². The number of carboxylic acids is 1. The number of carbonyl (C=O) groups excluding carboxylic acids is 1. The third-order valence-corrected chi connectivity index (χ3v) is 5.32. The van der Waals surface area contributed by atoms with Gasteiger partial charge in [0.1, 0.15) is 12.4 Å². The molecule has 6 heteroatoms. The van der Waals surface area contributed by atoms with Crippen LogP contribution in [0.3, 0.4) is 0 Å². The Kier molecular flexibility index (Phi) is 5.19. The van der Waals surface area contributed by atoms with Crippen molar-refractivity contribution >= 4 is 23.3 Å². The molecule has 1 N–H and O–H groups in total. The van der Waals surface area contributed by atoms with Crippen molar-refractivity contribution in [2.45, 2.75) is 25.7 Å². The van der Waals surface area contributed by atoms with E-state index in [9.17, 15) is 9.59 Å². The second-order valence-corrected chi connectivity index (χ2v) is 7.27. The van der Waals surface area contributed by atoms with Crippen LogP contribution in [0.1, 0.15) is 35.2 Å². The second kappa shape index (κ2) is 7.92. The molecule has 2 aliphatic heterocycles. The summed E-state index contributed by atoms with van der Waals surface area (Å²) in [6, 6.07) is 13.2. The molecule has 1 saturated heterocycles. The summed E-state index contributed by atoms with van der Waals surface area (Å²) in [6.45, 7) is 2.88. The van der Waals surface area contributed by atoms with E-state index in [1.54, 1.807) is 0 Å². The number of rotatable bonds is 4. The number of piperidine rings is 1. The SMILES string of the molecule is O=C(O)Cc1ccc(N2CCOc3cc(C(=O)N4CCCCC4)ccc32)cc1. The highest BCUT2D eigenvalue weighted by atomic mass is 16.5. The van der Waals surface area contributed by atoms with Gasteiger partial charge in [-0.05, 0) is 55.2 Å². The Hall–Kier alpha value is -3.02. The van der Waals surface area contributed by atoms with E-state index in [1.165, 1.54) is 6.42 Å². The van der Waals surface area contributed by atoms with Crippen molar-refractivity contribution in [3.8, 4) is 5.75 Å². The van der Waals surface area contributed by atoms with Gasteiger partial charge in [-0.2, -0.15) is 0 Å². The van der Waals surface area contributed by atoms with E-state index in [0.717, 1.165) is 42.9 Å². The number of ether oxygens (including phenoxy) is 1. The van der Waals surface area contributed by atoms with E-state index in [4.69, 9.17) is 9.84 Å². The third-order valence-electron chi connectivity index (χ3n) is 5.32. The molecule has 0 unspecified atom stereocenters. The fourth-order valence-corrected chi connectivity index (χ4v) is 3.87. The number of amides is 1. The first-order valence-electron chi connectivity index (χ1n) is 9.76. The van der Waals surface area contributed by atoms with Gasteiger partial charge in [-0.15, -0.1) is 0 Å². The summed E-state index contributed by atoms with van der Waals surface area (Å²) in [7, 11) is 0. The van der Waals surface area contributed by atoms with Gasteiger partial charge in [0.15, 0.2) is 0 Å². The maximum absolute atomic E-state index is 12.8. The molecular weight excluding hydrogens is 356 g/mol. The van der Waals surface area contributed by atoms with Crippen molar-refractivity contribution in [3.63, 3.8) is 0 Å². The smallest absolute Gasteiger partial charge is 0.307 e. The molecule has 1 fully saturated rings. The molecule has 0 spiro atoms. The van der Waals surface area contributed by atoms with E-state index < -0.39 is 5.97 Å². The first kappa shape index (κ1) is 18.3. The van der Waals surface area contributed by atoms with E-state index in [2.05, 4.69) is 4.90 Å². The Bertz CT molecular complexity index is 873. The maximum atomic E-state index is 12.8. The van der Waals surface area contributed by atoms with Gasteiger partial charge in [0.05, 0.1) is 18.7 Å². The molecule has 28 heavy (non-hydrogen) atoms. The van der Waals surface area contributed by atoms with Crippen LogP contribution in [-0.4, -0.2) is 48.1 Å². The van der Waals surface area contributed by atoms with Crippen LogP contribution in [0, 0.1) is 0 Å². The van der Waals surface area contributed by atoms with Crippen LogP contribution in [0.15, 0.2) is 42.5 Å². The largest absolute Gasteiger partial charge is 0.490 e. The Balaban J connectivity index is 1.56. The summed E-state index contributed by atoms with van der Waals surface area (Å²) in [5, 5.41) is 8.92. The van der Waals surface area contributed by atoms with Crippen molar-refractivity contribution in [2.24, 2.45) is 0 Å². The molecule has 0 saturated carbocycles. The van der Waals surface area contributed by atoms with Gasteiger partial charge >= 0.3 is 5.97 Å². The number of carbonyl (C=O) groups is 2. The molecule has 4 rings (SSSR count). The Morgan fingerprint density at radius 2 is 1.71 bits per heavy atom. The lowest BCUT2D eigenvalue weighted by molar-refractivity contribution is -0.136. The zero-order valence-electron chi connectivity index (χ0n) is 15.8. The highest BCUT2D eigenvalue weighted by molar-refractivity contribution is 5.95. The van der Waals surface area contributed by atoms with Crippen molar-refractivity contribution in [1.82, 2.24) is 4.90 Å². The van der Waals surface area contributed by atoms with Gasteiger partial charge in [-0.3, -0.25) is 9.59 Å². The van der Waals surface area contributed by atoms with E-state index in [-0.39, 0.29) is 12.3 Å². The molecule has 2 aromatic rings. The van der Waals surface area contributed by atoms with Gasteiger partial charge in [0, 0.05) is 24.3 Å². The topological polar surface area (TPSA) is 70.1 Å². The van der Waals surface area contributed by atoms with Crippen molar-refractivity contribution in [3.05, 3.63) is 53.6 Å². The van der Waals surface area contributed by atoms with Crippen LogP contribution in [0.5, 0.6) is 5.75 Å². The molecule has 0 aromatic heterocycles. The highest BCUT2D eigenvalue weighted by Gasteiger charge is 2.23. The quantitative estimate of drug-likeness (QED) is 0.880. The highest BCUT2D eigenvalue weighted by Crippen LogP contribution is 2.37. The Morgan fingerprint density at radius 3 is 2.43 bits per heavy atom. The molecule has 0 aliphatic carbocycles. The molecule has 0 radical (unpaired) electrons. The number of benzene rings is 2. The lowest BCUT2D eigenvalue weighted by Gasteiger charge is -2.32. The molecule has 2 aromatic carbocycles. The maximum Gasteiger partial charge on any atom is 0.307 e. The van der Waals surface area contributed by atoms with Crippen molar-refractivity contribution in [2.75, 3.05) is 31.1 Å². The normalized spacial score (nSPS) is 16.3. The average molecular weight is 380 g/mol. The van der Waals surface area contributed by atoms with Crippen LogP contribution in [0.4, 0.5) is 11.4 Å². The predicted octanol–water partition coefficient (Wildman–Crippen LogP) is 3.47. The monoisotopic (exact) mass is 380 g/mol. The fourth-order valence-electron chi connectivity index (χ4n) is 3.87. The van der Waals surface area contributed by atoms with Crippen LogP contribution in [-0.2, 0) is 11.2 Å². The fraction of sp³-hybridized carbons (Fsp3) is 0.364. The molecule has 2 heterocycles. The molecular formula is C22H24N2O4. The average Bonchev–Trinajstić information content (AvgIpc) is 2.73. The standard InChI is InChI=1S/C22H24N2O4/c25-21(26)14-16-4-7-18(8-5-16)24-12-13-28-20-15-17(6-9-19(20)24)22(27)23-10-2-1-3-11-23/h4-9,15H,1-3,10-14H2,(H,25,26). The molecule has 0 bridgehead atoms. The summed E-state index contributed by atoms with van der Waals surface area (Å²) in [6.07, 6.45) is 3.34. The number of likely N-dealkylation sites (tertiary alicyclic amines) is 1. The number of aliphatic carboxylic acids is 1. The molecule has 0 atom stereocenters. The summed E-state index contributed by atoms with van der Waals surface area (Å²) >= 11 is 0. The minimum absolute atomic E-state index is 0.0158. The summed E-state index contributed by atoms with van der Waals surface area (Å²) < 4.78 is 5.84. The third kappa shape index (κ3) is 3.81. The lowest BCUT2D eigenvalue weighted by atomic mass is 10.1. The predicted molar refractivity (Wildman–Crippen MR) is 106 cm³/mol. The number of hydrogen-bond donors (Lipinski definition) is 1. The first-order valence-corrected chi connectivity index (χ1v) is 9.76. The Morgan fingerprint density at radius 1 is 0.964 bits per heavy atom. The number of nitrogens with zero attached hydrogens (tertiary/aromatic N) is 2. The molecule has 6 nitrogen and oxygen atoms in total. The molecule has 1 amide bonds. The zero-order valence-corrected chi connectivity index (χ0v) is 15.8. The van der Waals surface area contributed by atoms with E-state index >= 15 is 0 Å². The second-order valence-electron chi connectivity index (χ2n) is 7.27.